The number of hydrogen-bond donors (Lipinski definition) is 0. The third-order valence-electron chi connectivity index (χ3n) is 2.08. The zero-order valence-electron chi connectivity index (χ0n) is 8.36. The van der Waals surface area contributed by atoms with E-state index in [9.17, 15) is 4.79 Å². The predicted octanol–water partition coefficient (Wildman–Crippen LogP) is 2.72. The lowest BCUT2D eigenvalue weighted by Gasteiger charge is -2.02. The van der Waals surface area contributed by atoms with Crippen molar-refractivity contribution in [3.05, 3.63) is 34.6 Å². The van der Waals surface area contributed by atoms with Crippen molar-refractivity contribution < 1.29 is 0 Å². The van der Waals surface area contributed by atoms with Gasteiger partial charge in [-0.3, -0.25) is 8.75 Å². The van der Waals surface area contributed by atoms with Gasteiger partial charge in [-0.2, -0.15) is 0 Å². The molecule has 2 nitrogen and oxygen atoms in total. The Bertz CT molecular complexity index is 495. The second-order valence-electron chi connectivity index (χ2n) is 3.85. The van der Waals surface area contributed by atoms with E-state index in [0.29, 0.717) is 5.92 Å². The Morgan fingerprint density at radius 2 is 2.07 bits per heavy atom. The van der Waals surface area contributed by atoms with Crippen LogP contribution in [-0.2, 0) is 6.54 Å². The van der Waals surface area contributed by atoms with E-state index in [1.54, 1.807) is 11.5 Å². The number of fused-ring (bicyclic) bond motifs is 1. The average molecular weight is 207 g/mol. The van der Waals surface area contributed by atoms with Crippen LogP contribution in [0.5, 0.6) is 0 Å². The number of aromatic nitrogens is 1. The molecule has 1 heterocycles. The van der Waals surface area contributed by atoms with Crippen LogP contribution in [0, 0.1) is 5.92 Å². The lowest BCUT2D eigenvalue weighted by molar-refractivity contribution is 0.542. The fourth-order valence-corrected chi connectivity index (χ4v) is 2.65. The molecular weight excluding hydrogens is 194 g/mol. The average Bonchev–Trinajstić information content (AvgIpc) is 2.44. The molecule has 0 aliphatic heterocycles. The second kappa shape index (κ2) is 3.58. The van der Waals surface area contributed by atoms with Crippen molar-refractivity contribution in [3.63, 3.8) is 0 Å². The highest BCUT2D eigenvalue weighted by atomic mass is 32.1. The van der Waals surface area contributed by atoms with E-state index < -0.39 is 0 Å². The van der Waals surface area contributed by atoms with Crippen LogP contribution in [0.1, 0.15) is 13.8 Å². The van der Waals surface area contributed by atoms with E-state index in [1.807, 2.05) is 28.2 Å². The first kappa shape index (κ1) is 9.46. The summed E-state index contributed by atoms with van der Waals surface area (Å²) < 4.78 is 2.92. The number of benzene rings is 1. The van der Waals surface area contributed by atoms with Crippen molar-refractivity contribution in [2.24, 2.45) is 5.92 Å². The Hall–Kier alpha value is -1.09. The molecule has 0 unspecified atom stereocenters. The quantitative estimate of drug-likeness (QED) is 0.742. The Morgan fingerprint density at radius 3 is 2.71 bits per heavy atom. The topological polar surface area (TPSA) is 22.0 Å². The first-order valence-corrected chi connectivity index (χ1v) is 5.54. The summed E-state index contributed by atoms with van der Waals surface area (Å²) in [5.74, 6) is 0.515. The standard InChI is InChI=1S/C11H13NOS/c1-8(2)7-12-11(13)9-5-3-4-6-10(9)14-12/h3-6,8H,7H2,1-2H3. The smallest absolute Gasteiger partial charge is 0.268 e. The number of nitrogens with zero attached hydrogens (tertiary/aromatic N) is 1. The maximum absolute atomic E-state index is 11.8. The van der Waals surface area contributed by atoms with Gasteiger partial charge in [0.15, 0.2) is 0 Å². The van der Waals surface area contributed by atoms with Crippen LogP contribution in [0.15, 0.2) is 29.1 Å². The zero-order chi connectivity index (χ0) is 10.1. The van der Waals surface area contributed by atoms with E-state index in [2.05, 4.69) is 13.8 Å². The van der Waals surface area contributed by atoms with Crippen LogP contribution in [0.4, 0.5) is 0 Å². The first-order valence-electron chi connectivity index (χ1n) is 4.77. The van der Waals surface area contributed by atoms with Crippen LogP contribution in [0.3, 0.4) is 0 Å². The monoisotopic (exact) mass is 207 g/mol. The fourth-order valence-electron chi connectivity index (χ4n) is 1.47. The summed E-state index contributed by atoms with van der Waals surface area (Å²) in [6, 6.07) is 7.78. The van der Waals surface area contributed by atoms with Gasteiger partial charge in [0.1, 0.15) is 0 Å². The molecule has 74 valence electrons. The predicted molar refractivity (Wildman–Crippen MR) is 60.9 cm³/mol. The molecule has 1 aromatic heterocycles. The van der Waals surface area contributed by atoms with E-state index in [-0.39, 0.29) is 5.56 Å². The lowest BCUT2D eigenvalue weighted by Crippen LogP contribution is -2.15. The Morgan fingerprint density at radius 1 is 1.36 bits per heavy atom. The molecule has 3 heteroatoms. The van der Waals surface area contributed by atoms with Gasteiger partial charge in [-0.1, -0.05) is 37.5 Å². The van der Waals surface area contributed by atoms with Gasteiger partial charge in [-0.15, -0.1) is 0 Å². The van der Waals surface area contributed by atoms with Gasteiger partial charge in [-0.25, -0.2) is 0 Å². The number of rotatable bonds is 2. The molecule has 0 atom stereocenters. The zero-order valence-corrected chi connectivity index (χ0v) is 9.17. The molecule has 0 saturated heterocycles. The Balaban J connectivity index is 2.57. The molecule has 0 N–H and O–H groups in total. The summed E-state index contributed by atoms with van der Waals surface area (Å²) in [5, 5.41) is 0.846. The molecule has 0 saturated carbocycles. The molecule has 0 fully saturated rings. The molecular formula is C11H13NOS. The fraction of sp³-hybridized carbons (Fsp3) is 0.364. The van der Waals surface area contributed by atoms with Crippen LogP contribution >= 0.6 is 11.5 Å². The second-order valence-corrected chi connectivity index (χ2v) is 4.91. The van der Waals surface area contributed by atoms with Gasteiger partial charge in [0.05, 0.1) is 10.1 Å². The summed E-state index contributed by atoms with van der Waals surface area (Å²) in [5.41, 5.74) is 0.152. The van der Waals surface area contributed by atoms with E-state index in [0.717, 1.165) is 16.6 Å². The molecule has 0 bridgehead atoms. The van der Waals surface area contributed by atoms with Crippen LogP contribution < -0.4 is 5.56 Å². The largest absolute Gasteiger partial charge is 0.268 e. The van der Waals surface area contributed by atoms with E-state index in [1.165, 1.54) is 0 Å². The van der Waals surface area contributed by atoms with Crippen LogP contribution in [0.2, 0.25) is 0 Å². The third kappa shape index (κ3) is 1.60. The van der Waals surface area contributed by atoms with Crippen molar-refractivity contribution in [3.8, 4) is 0 Å². The molecule has 0 aliphatic rings. The molecule has 2 aromatic rings. The molecule has 0 amide bonds. The van der Waals surface area contributed by atoms with Crippen molar-refractivity contribution in [2.75, 3.05) is 0 Å². The highest BCUT2D eigenvalue weighted by molar-refractivity contribution is 7.13. The maximum Gasteiger partial charge on any atom is 0.268 e. The maximum atomic E-state index is 11.8. The van der Waals surface area contributed by atoms with Gasteiger partial charge in [0, 0.05) is 6.54 Å². The minimum Gasteiger partial charge on any atom is -0.268 e. The third-order valence-corrected chi connectivity index (χ3v) is 3.17. The van der Waals surface area contributed by atoms with Crippen LogP contribution in [-0.4, -0.2) is 3.96 Å². The molecule has 0 aliphatic carbocycles. The summed E-state index contributed by atoms with van der Waals surface area (Å²) >= 11 is 1.56. The highest BCUT2D eigenvalue weighted by Gasteiger charge is 2.07. The summed E-state index contributed by atoms with van der Waals surface area (Å²) in [6.07, 6.45) is 0. The lowest BCUT2D eigenvalue weighted by atomic mass is 10.2. The SMILES string of the molecule is CC(C)Cn1sc2ccccc2c1=O. The summed E-state index contributed by atoms with van der Waals surface area (Å²) in [6.45, 7) is 5.06. The summed E-state index contributed by atoms with van der Waals surface area (Å²) in [7, 11) is 0. The van der Waals surface area contributed by atoms with Crippen molar-refractivity contribution in [2.45, 2.75) is 20.4 Å². The minimum atomic E-state index is 0.152. The van der Waals surface area contributed by atoms with Crippen molar-refractivity contribution >= 4 is 21.6 Å². The molecule has 1 aromatic carbocycles. The first-order chi connectivity index (χ1) is 6.68. The minimum absolute atomic E-state index is 0.152. The Kier molecular flexibility index (Phi) is 2.42. The van der Waals surface area contributed by atoms with Gasteiger partial charge >= 0.3 is 0 Å². The highest BCUT2D eigenvalue weighted by Crippen LogP contribution is 2.16. The van der Waals surface area contributed by atoms with Crippen molar-refractivity contribution in [1.29, 1.82) is 0 Å². The molecule has 0 radical (unpaired) electrons. The molecule has 14 heavy (non-hydrogen) atoms. The van der Waals surface area contributed by atoms with E-state index >= 15 is 0 Å². The van der Waals surface area contributed by atoms with Crippen LogP contribution in [0.25, 0.3) is 10.1 Å². The van der Waals surface area contributed by atoms with E-state index in [4.69, 9.17) is 0 Å². The van der Waals surface area contributed by atoms with Gasteiger partial charge in [0.2, 0.25) is 0 Å². The molecule has 0 spiro atoms. The van der Waals surface area contributed by atoms with Gasteiger partial charge < -0.3 is 0 Å². The Labute approximate surface area is 86.9 Å². The normalized spacial score (nSPS) is 11.4. The molecule has 2 rings (SSSR count). The van der Waals surface area contributed by atoms with Gasteiger partial charge in [0.25, 0.3) is 5.56 Å². The van der Waals surface area contributed by atoms with Gasteiger partial charge in [-0.05, 0) is 18.1 Å². The van der Waals surface area contributed by atoms with Crippen molar-refractivity contribution in [1.82, 2.24) is 3.96 Å². The number of hydrogen-bond acceptors (Lipinski definition) is 2. The summed E-state index contributed by atoms with van der Waals surface area (Å²) in [4.78, 5) is 11.8.